The van der Waals surface area contributed by atoms with E-state index in [9.17, 15) is 22.7 Å². The third-order valence-electron chi connectivity index (χ3n) is 5.10. The number of hydrogen-bond donors (Lipinski definition) is 1. The minimum Gasteiger partial charge on any atom is -0.480 e. The van der Waals surface area contributed by atoms with Crippen LogP contribution in [0.15, 0.2) is 69.1 Å². The molecule has 1 N–H and O–H groups in total. The lowest BCUT2D eigenvalue weighted by Gasteiger charge is -2.10. The molecule has 0 saturated carbocycles. The predicted octanol–water partition coefficient (Wildman–Crippen LogP) is 4.66. The zero-order chi connectivity index (χ0) is 21.5. The number of fused-ring (bicyclic) bond motifs is 1. The number of rotatable bonds is 6. The van der Waals surface area contributed by atoms with Gasteiger partial charge in [-0.15, -0.1) is 11.3 Å². The van der Waals surface area contributed by atoms with Gasteiger partial charge in [0, 0.05) is 23.0 Å². The molecule has 0 spiro atoms. The van der Waals surface area contributed by atoms with E-state index in [2.05, 4.69) is 0 Å². The average Bonchev–Trinajstić information content (AvgIpc) is 3.32. The average molecular weight is 444 g/mol. The Morgan fingerprint density at radius 2 is 1.90 bits per heavy atom. The summed E-state index contributed by atoms with van der Waals surface area (Å²) in [6, 6.07) is 14.2. The topological polar surface area (TPSA) is 76.4 Å². The fourth-order valence-electron chi connectivity index (χ4n) is 3.71. The lowest BCUT2D eigenvalue weighted by Crippen LogP contribution is -2.10. The minimum atomic E-state index is -3.69. The highest BCUT2D eigenvalue weighted by molar-refractivity contribution is 7.93. The van der Waals surface area contributed by atoms with Gasteiger partial charge in [0.15, 0.2) is 0 Å². The molecule has 0 aliphatic carbocycles. The summed E-state index contributed by atoms with van der Waals surface area (Å²) in [5.74, 6) is -1.44. The molecule has 2 aromatic carbocycles. The van der Waals surface area contributed by atoms with E-state index in [0.717, 1.165) is 11.3 Å². The van der Waals surface area contributed by atoms with Crippen molar-refractivity contribution in [2.75, 3.05) is 0 Å². The first-order valence-electron chi connectivity index (χ1n) is 9.14. The maximum Gasteiger partial charge on any atom is 0.323 e. The molecule has 0 atom stereocenters. The molecule has 4 rings (SSSR count). The van der Waals surface area contributed by atoms with Crippen molar-refractivity contribution < 1.29 is 22.7 Å². The van der Waals surface area contributed by atoms with Gasteiger partial charge in [0.25, 0.3) is 0 Å². The van der Waals surface area contributed by atoms with Gasteiger partial charge in [0.1, 0.15) is 16.6 Å². The summed E-state index contributed by atoms with van der Waals surface area (Å²) < 4.78 is 42.1. The Kier molecular flexibility index (Phi) is 5.21. The molecule has 0 aliphatic rings. The first-order valence-corrected chi connectivity index (χ1v) is 11.5. The molecule has 0 amide bonds. The Morgan fingerprint density at radius 1 is 1.13 bits per heavy atom. The fourth-order valence-corrected chi connectivity index (χ4v) is 6.32. The van der Waals surface area contributed by atoms with E-state index in [1.54, 1.807) is 59.3 Å². The molecule has 0 unspecified atom stereocenters. The number of hydrogen-bond acceptors (Lipinski definition) is 4. The number of benzene rings is 2. The molecule has 5 nitrogen and oxygen atoms in total. The summed E-state index contributed by atoms with van der Waals surface area (Å²) in [6.07, 6.45) is 0.235. The van der Waals surface area contributed by atoms with E-state index in [0.29, 0.717) is 27.7 Å². The largest absolute Gasteiger partial charge is 0.480 e. The van der Waals surface area contributed by atoms with Crippen LogP contribution in [0.5, 0.6) is 0 Å². The van der Waals surface area contributed by atoms with Crippen molar-refractivity contribution in [1.29, 1.82) is 0 Å². The lowest BCUT2D eigenvalue weighted by atomic mass is 10.0. The quantitative estimate of drug-likeness (QED) is 0.470. The van der Waals surface area contributed by atoms with E-state index in [1.807, 2.05) is 0 Å². The van der Waals surface area contributed by atoms with Crippen LogP contribution in [-0.4, -0.2) is 24.1 Å². The number of halogens is 1. The summed E-state index contributed by atoms with van der Waals surface area (Å²) in [6.45, 7) is 1.51. The van der Waals surface area contributed by atoms with Gasteiger partial charge < -0.3 is 9.67 Å². The fraction of sp³-hybridized carbons (Fsp3) is 0.136. The van der Waals surface area contributed by atoms with Crippen LogP contribution in [-0.2, 0) is 27.6 Å². The molecule has 0 aliphatic heterocycles. The van der Waals surface area contributed by atoms with Crippen LogP contribution in [0.25, 0.3) is 10.9 Å². The molecule has 8 heteroatoms. The molecular formula is C22H18FNO4S2. The van der Waals surface area contributed by atoms with E-state index in [4.69, 9.17) is 0 Å². The molecule has 30 heavy (non-hydrogen) atoms. The van der Waals surface area contributed by atoms with Crippen molar-refractivity contribution in [1.82, 2.24) is 4.57 Å². The second kappa shape index (κ2) is 7.70. The molecular weight excluding hydrogens is 425 g/mol. The molecule has 0 bridgehead atoms. The molecule has 0 radical (unpaired) electrons. The number of thiophene rings is 1. The van der Waals surface area contributed by atoms with Gasteiger partial charge in [-0.1, -0.05) is 24.3 Å². The monoisotopic (exact) mass is 443 g/mol. The second-order valence-electron chi connectivity index (χ2n) is 6.93. The van der Waals surface area contributed by atoms with E-state index in [-0.39, 0.29) is 22.1 Å². The highest BCUT2D eigenvalue weighted by atomic mass is 32.2. The Balaban J connectivity index is 1.88. The van der Waals surface area contributed by atoms with Gasteiger partial charge in [0.2, 0.25) is 9.84 Å². The SMILES string of the molecule is Cc1c(Cc2ccccc2S(=O)(=O)c2cccs2)c2cc(F)ccc2n1CC(=O)O. The Hall–Kier alpha value is -2.97. The van der Waals surface area contributed by atoms with Crippen LogP contribution >= 0.6 is 11.3 Å². The Bertz CT molecular complexity index is 1360. The molecule has 0 saturated heterocycles. The van der Waals surface area contributed by atoms with Crippen LogP contribution in [0.4, 0.5) is 4.39 Å². The van der Waals surface area contributed by atoms with Gasteiger partial charge in [-0.05, 0) is 53.8 Å². The van der Waals surface area contributed by atoms with Gasteiger partial charge >= 0.3 is 5.97 Å². The predicted molar refractivity (Wildman–Crippen MR) is 113 cm³/mol. The number of nitrogens with zero attached hydrogens (tertiary/aromatic N) is 1. The van der Waals surface area contributed by atoms with E-state index < -0.39 is 21.6 Å². The minimum absolute atomic E-state index is 0.197. The second-order valence-corrected chi connectivity index (χ2v) is 10.0. The molecule has 154 valence electrons. The number of aromatic nitrogens is 1. The third kappa shape index (κ3) is 3.53. The molecule has 4 aromatic rings. The van der Waals surface area contributed by atoms with Crippen molar-refractivity contribution in [3.8, 4) is 0 Å². The summed E-state index contributed by atoms with van der Waals surface area (Å²) in [4.78, 5) is 11.5. The maximum absolute atomic E-state index is 14.0. The summed E-state index contributed by atoms with van der Waals surface area (Å²) in [5, 5.41) is 11.6. The first-order chi connectivity index (χ1) is 14.3. The number of sulfone groups is 1. The van der Waals surface area contributed by atoms with Crippen molar-refractivity contribution in [3.05, 3.63) is 82.6 Å². The zero-order valence-electron chi connectivity index (χ0n) is 16.0. The van der Waals surface area contributed by atoms with Crippen molar-refractivity contribution in [3.63, 3.8) is 0 Å². The summed E-state index contributed by atoms with van der Waals surface area (Å²) >= 11 is 1.15. The van der Waals surface area contributed by atoms with Gasteiger partial charge in [-0.3, -0.25) is 4.79 Å². The molecule has 2 heterocycles. The Morgan fingerprint density at radius 3 is 2.60 bits per heavy atom. The van der Waals surface area contributed by atoms with E-state index >= 15 is 0 Å². The number of aliphatic carboxylic acids is 1. The summed E-state index contributed by atoms with van der Waals surface area (Å²) in [5.41, 5.74) is 2.55. The number of carbonyl (C=O) groups is 1. The smallest absolute Gasteiger partial charge is 0.323 e. The highest BCUT2D eigenvalue weighted by Gasteiger charge is 2.24. The number of carboxylic acids is 1. The first kappa shape index (κ1) is 20.3. The highest BCUT2D eigenvalue weighted by Crippen LogP contribution is 2.33. The van der Waals surface area contributed by atoms with Crippen LogP contribution in [0.2, 0.25) is 0 Å². The van der Waals surface area contributed by atoms with Crippen LogP contribution in [0.3, 0.4) is 0 Å². The summed E-state index contributed by atoms with van der Waals surface area (Å²) in [7, 11) is -3.69. The third-order valence-corrected chi connectivity index (χ3v) is 8.35. The zero-order valence-corrected chi connectivity index (χ0v) is 17.6. The standard InChI is InChI=1S/C22H18FNO4S2/c1-14-17(18-12-16(23)8-9-19(18)24(14)13-21(25)26)11-15-5-2-3-6-20(15)30(27,28)22-7-4-10-29-22/h2-10,12H,11,13H2,1H3,(H,25,26). The van der Waals surface area contributed by atoms with Crippen molar-refractivity contribution >= 4 is 38.0 Å². The Labute approximate surface area is 176 Å². The number of carboxylic acid groups (broad SMARTS) is 1. The lowest BCUT2D eigenvalue weighted by molar-refractivity contribution is -0.137. The normalized spacial score (nSPS) is 11.8. The van der Waals surface area contributed by atoms with Crippen LogP contribution < -0.4 is 0 Å². The van der Waals surface area contributed by atoms with Gasteiger partial charge in [0.05, 0.1) is 4.90 Å². The molecule has 0 fully saturated rings. The van der Waals surface area contributed by atoms with Gasteiger partial charge in [-0.25, -0.2) is 12.8 Å². The van der Waals surface area contributed by atoms with E-state index in [1.165, 1.54) is 12.1 Å². The van der Waals surface area contributed by atoms with Crippen molar-refractivity contribution in [2.45, 2.75) is 29.0 Å². The maximum atomic E-state index is 14.0. The van der Waals surface area contributed by atoms with Crippen LogP contribution in [0.1, 0.15) is 16.8 Å². The van der Waals surface area contributed by atoms with Crippen LogP contribution in [0, 0.1) is 12.7 Å². The molecule has 2 aromatic heterocycles. The van der Waals surface area contributed by atoms with Gasteiger partial charge in [-0.2, -0.15) is 0 Å². The van der Waals surface area contributed by atoms with Crippen molar-refractivity contribution in [2.24, 2.45) is 0 Å².